The van der Waals surface area contributed by atoms with Crippen molar-refractivity contribution in [3.8, 4) is 0 Å². The molecule has 2 fully saturated rings. The number of ether oxygens (including phenoxy) is 3. The van der Waals surface area contributed by atoms with Crippen molar-refractivity contribution < 1.29 is 19.0 Å². The third-order valence-electron chi connectivity index (χ3n) is 6.61. The summed E-state index contributed by atoms with van der Waals surface area (Å²) in [5.41, 5.74) is 0. The molecule has 0 aromatic rings. The van der Waals surface area contributed by atoms with Crippen molar-refractivity contribution in [2.45, 2.75) is 57.4 Å². The molecular formula is C23H36N2O4. The number of hydrogen-bond acceptors (Lipinski definition) is 5. The van der Waals surface area contributed by atoms with Crippen molar-refractivity contribution in [1.29, 1.82) is 0 Å². The number of amides is 1. The Morgan fingerprint density at radius 1 is 1.14 bits per heavy atom. The fourth-order valence-corrected chi connectivity index (χ4v) is 4.95. The van der Waals surface area contributed by atoms with Gasteiger partial charge in [-0.25, -0.2) is 0 Å². The Hall–Kier alpha value is -1.53. The van der Waals surface area contributed by atoms with E-state index in [2.05, 4.69) is 22.4 Å². The zero-order valence-corrected chi connectivity index (χ0v) is 17.6. The molecule has 3 heterocycles. The van der Waals surface area contributed by atoms with E-state index in [1.54, 1.807) is 0 Å². The zero-order valence-electron chi connectivity index (χ0n) is 17.6. The van der Waals surface area contributed by atoms with E-state index >= 15 is 0 Å². The van der Waals surface area contributed by atoms with Crippen molar-refractivity contribution >= 4 is 5.91 Å². The number of carbonyl (C=O) groups is 1. The highest BCUT2D eigenvalue weighted by atomic mass is 16.6. The summed E-state index contributed by atoms with van der Waals surface area (Å²) >= 11 is 0. The lowest BCUT2D eigenvalue weighted by Gasteiger charge is -2.30. The van der Waals surface area contributed by atoms with Crippen molar-refractivity contribution in [2.75, 3.05) is 46.1 Å². The molecule has 1 unspecified atom stereocenters. The second-order valence-corrected chi connectivity index (χ2v) is 8.91. The smallest absolute Gasteiger partial charge is 0.220 e. The Labute approximate surface area is 174 Å². The SMILES string of the molecule is O=C(CCC1CCOCC1)N[C@@H](CC1C=CC2=C(C1)OCCO2)CN1CCCC1. The van der Waals surface area contributed by atoms with Crippen molar-refractivity contribution in [2.24, 2.45) is 11.8 Å². The molecule has 0 bridgehead atoms. The van der Waals surface area contributed by atoms with Crippen LogP contribution in [0.4, 0.5) is 0 Å². The van der Waals surface area contributed by atoms with Crippen LogP contribution in [-0.2, 0) is 19.0 Å². The molecule has 0 radical (unpaired) electrons. The van der Waals surface area contributed by atoms with Crippen LogP contribution in [-0.4, -0.2) is 62.9 Å². The van der Waals surface area contributed by atoms with Gasteiger partial charge in [-0.2, -0.15) is 0 Å². The Morgan fingerprint density at radius 2 is 1.93 bits per heavy atom. The summed E-state index contributed by atoms with van der Waals surface area (Å²) in [5, 5.41) is 3.37. The van der Waals surface area contributed by atoms with E-state index in [-0.39, 0.29) is 11.9 Å². The number of carbonyl (C=O) groups excluding carboxylic acids is 1. The molecule has 6 heteroatoms. The second-order valence-electron chi connectivity index (χ2n) is 8.91. The van der Waals surface area contributed by atoms with E-state index in [1.165, 1.54) is 12.8 Å². The molecule has 0 saturated carbocycles. The van der Waals surface area contributed by atoms with Gasteiger partial charge in [-0.15, -0.1) is 0 Å². The third-order valence-corrected chi connectivity index (χ3v) is 6.61. The first-order valence-electron chi connectivity index (χ1n) is 11.5. The largest absolute Gasteiger partial charge is 0.490 e. The molecule has 0 aromatic carbocycles. The monoisotopic (exact) mass is 404 g/mol. The van der Waals surface area contributed by atoms with Crippen LogP contribution in [0.1, 0.15) is 51.4 Å². The summed E-state index contributed by atoms with van der Waals surface area (Å²) < 4.78 is 16.9. The second kappa shape index (κ2) is 10.5. The van der Waals surface area contributed by atoms with Gasteiger partial charge in [-0.05, 0) is 69.5 Å². The summed E-state index contributed by atoms with van der Waals surface area (Å²) in [6.45, 7) is 6.23. The fraction of sp³-hybridized carbons (Fsp3) is 0.783. The Kier molecular flexibility index (Phi) is 7.49. The molecule has 2 atom stereocenters. The van der Waals surface area contributed by atoms with Crippen LogP contribution in [0.2, 0.25) is 0 Å². The minimum atomic E-state index is 0.191. The minimum absolute atomic E-state index is 0.191. The highest BCUT2D eigenvalue weighted by molar-refractivity contribution is 5.76. The summed E-state index contributed by atoms with van der Waals surface area (Å²) in [7, 11) is 0. The summed E-state index contributed by atoms with van der Waals surface area (Å²) in [4.78, 5) is 15.2. The molecular weight excluding hydrogens is 368 g/mol. The van der Waals surface area contributed by atoms with Gasteiger partial charge < -0.3 is 24.4 Å². The molecule has 2 saturated heterocycles. The number of likely N-dealkylation sites (tertiary alicyclic amines) is 1. The molecule has 162 valence electrons. The van der Waals surface area contributed by atoms with Crippen LogP contribution in [0.15, 0.2) is 23.7 Å². The maximum atomic E-state index is 12.7. The van der Waals surface area contributed by atoms with Crippen LogP contribution < -0.4 is 5.32 Å². The Balaban J connectivity index is 1.29. The van der Waals surface area contributed by atoms with Gasteiger partial charge in [-0.1, -0.05) is 6.08 Å². The first-order valence-corrected chi connectivity index (χ1v) is 11.5. The normalized spacial score (nSPS) is 26.6. The van der Waals surface area contributed by atoms with Crippen LogP contribution in [0.25, 0.3) is 0 Å². The average Bonchev–Trinajstić information content (AvgIpc) is 3.26. The molecule has 4 aliphatic rings. The molecule has 29 heavy (non-hydrogen) atoms. The van der Waals surface area contributed by atoms with E-state index < -0.39 is 0 Å². The predicted octanol–water partition coefficient (Wildman–Crippen LogP) is 3.00. The number of rotatable bonds is 8. The van der Waals surface area contributed by atoms with E-state index in [0.717, 1.165) is 76.5 Å². The van der Waals surface area contributed by atoms with Crippen LogP contribution >= 0.6 is 0 Å². The van der Waals surface area contributed by atoms with Crippen LogP contribution in [0, 0.1) is 11.8 Å². The summed E-state index contributed by atoms with van der Waals surface area (Å²) in [6.07, 6.45) is 12.5. The first kappa shape index (κ1) is 20.7. The predicted molar refractivity (Wildman–Crippen MR) is 111 cm³/mol. The molecule has 1 aliphatic carbocycles. The third kappa shape index (κ3) is 6.22. The highest BCUT2D eigenvalue weighted by Crippen LogP contribution is 2.30. The van der Waals surface area contributed by atoms with Crippen molar-refractivity contribution in [3.05, 3.63) is 23.7 Å². The van der Waals surface area contributed by atoms with E-state index in [4.69, 9.17) is 14.2 Å². The van der Waals surface area contributed by atoms with Gasteiger partial charge in [0.15, 0.2) is 5.76 Å². The molecule has 6 nitrogen and oxygen atoms in total. The Bertz CT molecular complexity index is 606. The lowest BCUT2D eigenvalue weighted by Crippen LogP contribution is -2.44. The van der Waals surface area contributed by atoms with Crippen LogP contribution in [0.3, 0.4) is 0 Å². The summed E-state index contributed by atoms with van der Waals surface area (Å²) in [5.74, 6) is 3.11. The van der Waals surface area contributed by atoms with Crippen molar-refractivity contribution in [3.63, 3.8) is 0 Å². The number of hydrogen-bond donors (Lipinski definition) is 1. The number of nitrogens with one attached hydrogen (secondary N) is 1. The summed E-state index contributed by atoms with van der Waals surface area (Å²) in [6, 6.07) is 0.191. The van der Waals surface area contributed by atoms with E-state index in [9.17, 15) is 4.79 Å². The zero-order chi connectivity index (χ0) is 19.9. The quantitative estimate of drug-likeness (QED) is 0.674. The van der Waals surface area contributed by atoms with Gasteiger partial charge in [-0.3, -0.25) is 4.79 Å². The number of allylic oxidation sites excluding steroid dienone is 3. The van der Waals surface area contributed by atoms with Gasteiger partial charge in [0.05, 0.1) is 0 Å². The minimum Gasteiger partial charge on any atom is -0.490 e. The molecule has 0 aromatic heterocycles. The van der Waals surface area contributed by atoms with E-state index in [1.807, 2.05) is 0 Å². The highest BCUT2D eigenvalue weighted by Gasteiger charge is 2.27. The fourth-order valence-electron chi connectivity index (χ4n) is 4.95. The molecule has 4 rings (SSSR count). The van der Waals surface area contributed by atoms with Gasteiger partial charge in [0, 0.05) is 38.6 Å². The average molecular weight is 405 g/mol. The standard InChI is InChI=1S/C23H36N2O4/c26-23(6-4-18-7-11-27-12-8-18)24-20(17-25-9-1-2-10-25)15-19-3-5-21-22(16-19)29-14-13-28-21/h3,5,18-20H,1-2,4,6-17H2,(H,24,26)/t19?,20-/m0/s1. The van der Waals surface area contributed by atoms with Gasteiger partial charge in [0.25, 0.3) is 0 Å². The molecule has 1 amide bonds. The molecule has 3 aliphatic heterocycles. The lowest BCUT2D eigenvalue weighted by atomic mass is 9.91. The topological polar surface area (TPSA) is 60.0 Å². The maximum absolute atomic E-state index is 12.7. The molecule has 1 N–H and O–H groups in total. The Morgan fingerprint density at radius 3 is 2.76 bits per heavy atom. The van der Waals surface area contributed by atoms with E-state index in [0.29, 0.717) is 31.5 Å². The van der Waals surface area contributed by atoms with Crippen LogP contribution in [0.5, 0.6) is 0 Å². The van der Waals surface area contributed by atoms with Gasteiger partial charge >= 0.3 is 0 Å². The van der Waals surface area contributed by atoms with Gasteiger partial charge in [0.2, 0.25) is 5.91 Å². The van der Waals surface area contributed by atoms with Gasteiger partial charge in [0.1, 0.15) is 19.0 Å². The first-order chi connectivity index (χ1) is 14.3. The molecule has 0 spiro atoms. The lowest BCUT2D eigenvalue weighted by molar-refractivity contribution is -0.122. The number of nitrogens with zero attached hydrogens (tertiary/aromatic N) is 1. The maximum Gasteiger partial charge on any atom is 0.220 e. The van der Waals surface area contributed by atoms with Crippen molar-refractivity contribution in [1.82, 2.24) is 10.2 Å².